The Kier molecular flexibility index (Phi) is 11.0. The van der Waals surface area contributed by atoms with Crippen LogP contribution >= 0.6 is 0 Å². The fourth-order valence-electron chi connectivity index (χ4n) is 3.49. The summed E-state index contributed by atoms with van der Waals surface area (Å²) in [6.07, 6.45) is 14.5. The van der Waals surface area contributed by atoms with Crippen LogP contribution in [0, 0.1) is 11.8 Å². The first kappa shape index (κ1) is 21.5. The van der Waals surface area contributed by atoms with Gasteiger partial charge in [-0.3, -0.25) is 9.59 Å². The smallest absolute Gasteiger partial charge is 0.311 e. The van der Waals surface area contributed by atoms with Gasteiger partial charge in [0.05, 0.1) is 5.92 Å². The van der Waals surface area contributed by atoms with Crippen LogP contribution in [-0.2, 0) is 9.59 Å². The highest BCUT2D eigenvalue weighted by Gasteiger charge is 2.27. The largest absolute Gasteiger partial charge is 0.481 e. The Hall–Kier alpha value is -1.54. The molecule has 0 spiro atoms. The molecular formula is C21H34O4. The molecule has 0 aromatic rings. The lowest BCUT2D eigenvalue weighted by Gasteiger charge is -2.23. The quantitative estimate of drug-likeness (QED) is 0.317. The fraction of sp³-hybridized carbons (Fsp3) is 0.762. The van der Waals surface area contributed by atoms with E-state index in [1.165, 1.54) is 19.3 Å². The molecule has 4 nitrogen and oxygen atoms in total. The van der Waals surface area contributed by atoms with E-state index in [0.29, 0.717) is 12.3 Å². The summed E-state index contributed by atoms with van der Waals surface area (Å²) in [6.45, 7) is 2.18. The van der Waals surface area contributed by atoms with E-state index in [1.807, 2.05) is 0 Å². The van der Waals surface area contributed by atoms with Crippen LogP contribution in [-0.4, -0.2) is 22.2 Å². The van der Waals surface area contributed by atoms with Gasteiger partial charge in [0, 0.05) is 6.42 Å². The van der Waals surface area contributed by atoms with Crippen LogP contribution in [0.5, 0.6) is 0 Å². The van der Waals surface area contributed by atoms with E-state index in [1.54, 1.807) is 0 Å². The third kappa shape index (κ3) is 9.50. The van der Waals surface area contributed by atoms with Crippen molar-refractivity contribution in [2.24, 2.45) is 11.8 Å². The minimum atomic E-state index is -0.718. The molecule has 1 aliphatic rings. The van der Waals surface area contributed by atoms with E-state index in [-0.39, 0.29) is 12.3 Å². The van der Waals surface area contributed by atoms with Gasteiger partial charge in [-0.05, 0) is 49.7 Å². The summed E-state index contributed by atoms with van der Waals surface area (Å²) in [7, 11) is 0. The van der Waals surface area contributed by atoms with Crippen LogP contribution in [0.15, 0.2) is 17.4 Å². The van der Waals surface area contributed by atoms with Crippen molar-refractivity contribution in [3.05, 3.63) is 17.4 Å². The van der Waals surface area contributed by atoms with Gasteiger partial charge < -0.3 is 10.2 Å². The SMILES string of the molecule is CCCCCCC1=C=CC(CCCCCCCC(=O)O)CC1C(=O)O. The van der Waals surface area contributed by atoms with Crippen molar-refractivity contribution in [1.82, 2.24) is 0 Å². The van der Waals surface area contributed by atoms with Crippen LogP contribution in [0.4, 0.5) is 0 Å². The molecule has 0 bridgehead atoms. The highest BCUT2D eigenvalue weighted by Crippen LogP contribution is 2.31. The van der Waals surface area contributed by atoms with Crippen molar-refractivity contribution in [3.8, 4) is 0 Å². The molecule has 0 saturated heterocycles. The molecule has 2 unspecified atom stereocenters. The molecule has 1 rings (SSSR count). The van der Waals surface area contributed by atoms with Crippen molar-refractivity contribution >= 4 is 11.9 Å². The first-order valence-corrected chi connectivity index (χ1v) is 9.94. The van der Waals surface area contributed by atoms with Gasteiger partial charge in [-0.1, -0.05) is 51.9 Å². The lowest BCUT2D eigenvalue weighted by molar-refractivity contribution is -0.141. The first-order valence-electron chi connectivity index (χ1n) is 9.94. The van der Waals surface area contributed by atoms with E-state index < -0.39 is 11.9 Å². The highest BCUT2D eigenvalue weighted by atomic mass is 16.4. The third-order valence-electron chi connectivity index (χ3n) is 5.03. The van der Waals surface area contributed by atoms with E-state index in [4.69, 9.17) is 5.11 Å². The molecule has 142 valence electrons. The van der Waals surface area contributed by atoms with Crippen LogP contribution in [0.3, 0.4) is 0 Å². The van der Waals surface area contributed by atoms with Gasteiger partial charge in [0.25, 0.3) is 0 Å². The number of rotatable bonds is 14. The number of unbranched alkanes of at least 4 members (excludes halogenated alkanes) is 7. The summed E-state index contributed by atoms with van der Waals surface area (Å²) < 4.78 is 0. The predicted molar refractivity (Wildman–Crippen MR) is 99.5 cm³/mol. The Labute approximate surface area is 152 Å². The molecule has 0 amide bonds. The zero-order chi connectivity index (χ0) is 18.5. The standard InChI is InChI=1S/C21H34O4/c1-2-3-4-9-12-18-15-14-17(16-19(18)21(24)25)11-8-6-5-7-10-13-20(22)23/h14,17,19H,2-13,16H2,1H3,(H,22,23)(H,24,25). The molecule has 0 aromatic carbocycles. The zero-order valence-corrected chi connectivity index (χ0v) is 15.6. The summed E-state index contributed by atoms with van der Waals surface area (Å²) in [4.78, 5) is 22.0. The van der Waals surface area contributed by atoms with Crippen molar-refractivity contribution in [3.63, 3.8) is 0 Å². The second kappa shape index (κ2) is 12.8. The molecule has 0 aliphatic heterocycles. The Morgan fingerprint density at radius 3 is 2.40 bits per heavy atom. The molecule has 0 saturated carbocycles. The number of carboxylic acids is 2. The minimum Gasteiger partial charge on any atom is -0.481 e. The van der Waals surface area contributed by atoms with Gasteiger partial charge in [0.1, 0.15) is 0 Å². The van der Waals surface area contributed by atoms with Crippen molar-refractivity contribution < 1.29 is 19.8 Å². The number of carbonyl (C=O) groups is 2. The number of hydrogen-bond donors (Lipinski definition) is 2. The second-order valence-corrected chi connectivity index (χ2v) is 7.23. The van der Waals surface area contributed by atoms with Gasteiger partial charge in [-0.2, -0.15) is 0 Å². The Morgan fingerprint density at radius 2 is 1.72 bits per heavy atom. The average molecular weight is 350 g/mol. The number of carboxylic acid groups (broad SMARTS) is 2. The summed E-state index contributed by atoms with van der Waals surface area (Å²) in [5, 5.41) is 18.1. The molecule has 4 heteroatoms. The predicted octanol–water partition coefficient (Wildman–Crippen LogP) is 5.57. The Balaban J connectivity index is 2.32. The molecule has 0 radical (unpaired) electrons. The average Bonchev–Trinajstić information content (AvgIpc) is 2.58. The van der Waals surface area contributed by atoms with Crippen LogP contribution in [0.25, 0.3) is 0 Å². The maximum absolute atomic E-state index is 11.6. The highest BCUT2D eigenvalue weighted by molar-refractivity contribution is 5.73. The van der Waals surface area contributed by atoms with Crippen molar-refractivity contribution in [2.75, 3.05) is 0 Å². The van der Waals surface area contributed by atoms with E-state index >= 15 is 0 Å². The second-order valence-electron chi connectivity index (χ2n) is 7.23. The van der Waals surface area contributed by atoms with E-state index in [9.17, 15) is 14.7 Å². The summed E-state index contributed by atoms with van der Waals surface area (Å²) in [5.74, 6) is -1.46. The molecule has 0 heterocycles. The third-order valence-corrected chi connectivity index (χ3v) is 5.03. The van der Waals surface area contributed by atoms with Crippen LogP contribution in [0.1, 0.15) is 90.4 Å². The monoisotopic (exact) mass is 350 g/mol. The van der Waals surface area contributed by atoms with Gasteiger partial charge in [-0.15, -0.1) is 5.73 Å². The molecule has 1 aliphatic carbocycles. The lowest BCUT2D eigenvalue weighted by Crippen LogP contribution is -2.21. The van der Waals surface area contributed by atoms with Gasteiger partial charge in [0.15, 0.2) is 0 Å². The van der Waals surface area contributed by atoms with Crippen molar-refractivity contribution in [1.29, 1.82) is 0 Å². The maximum Gasteiger partial charge on any atom is 0.311 e. The number of hydrogen-bond acceptors (Lipinski definition) is 2. The molecule has 0 fully saturated rings. The number of aliphatic carboxylic acids is 2. The molecule has 2 N–H and O–H groups in total. The normalized spacial score (nSPS) is 19.6. The Morgan fingerprint density at radius 1 is 1.04 bits per heavy atom. The minimum absolute atomic E-state index is 0.261. The van der Waals surface area contributed by atoms with Crippen molar-refractivity contribution in [2.45, 2.75) is 90.4 Å². The summed E-state index contributed by atoms with van der Waals surface area (Å²) in [6, 6.07) is 0. The van der Waals surface area contributed by atoms with Crippen LogP contribution in [0.2, 0.25) is 0 Å². The summed E-state index contributed by atoms with van der Waals surface area (Å²) >= 11 is 0. The van der Waals surface area contributed by atoms with Crippen LogP contribution < -0.4 is 0 Å². The molecule has 0 aromatic heterocycles. The first-order chi connectivity index (χ1) is 12.0. The fourth-order valence-corrected chi connectivity index (χ4v) is 3.49. The van der Waals surface area contributed by atoms with Gasteiger partial charge in [0.2, 0.25) is 0 Å². The molecule has 25 heavy (non-hydrogen) atoms. The molecule has 2 atom stereocenters. The zero-order valence-electron chi connectivity index (χ0n) is 15.6. The van der Waals surface area contributed by atoms with Gasteiger partial charge >= 0.3 is 11.9 Å². The molecular weight excluding hydrogens is 316 g/mol. The summed E-state index contributed by atoms with van der Waals surface area (Å²) in [5.41, 5.74) is 4.28. The lowest BCUT2D eigenvalue weighted by atomic mass is 9.81. The van der Waals surface area contributed by atoms with E-state index in [0.717, 1.165) is 56.9 Å². The topological polar surface area (TPSA) is 74.6 Å². The van der Waals surface area contributed by atoms with Gasteiger partial charge in [-0.25, -0.2) is 0 Å². The van der Waals surface area contributed by atoms with E-state index in [2.05, 4.69) is 18.7 Å². The Bertz CT molecular complexity index is 474. The maximum atomic E-state index is 11.6.